The highest BCUT2D eigenvalue weighted by atomic mass is 16.5. The summed E-state index contributed by atoms with van der Waals surface area (Å²) in [6.07, 6.45) is 0.115. The van der Waals surface area contributed by atoms with Gasteiger partial charge in [-0.25, -0.2) is 14.4 Å². The minimum atomic E-state index is -0.955. The van der Waals surface area contributed by atoms with E-state index in [1.165, 1.54) is 14.0 Å². The van der Waals surface area contributed by atoms with E-state index in [0.717, 1.165) is 16.7 Å². The third kappa shape index (κ3) is 12.9. The van der Waals surface area contributed by atoms with Crippen LogP contribution in [0.4, 0.5) is 4.79 Å². The monoisotopic (exact) mass is 617 g/mol. The Kier molecular flexibility index (Phi) is 14.1. The molecular formula is C34H39N3O8. The maximum Gasteiger partial charge on any atom is 0.407 e. The Labute approximate surface area is 262 Å². The van der Waals surface area contributed by atoms with E-state index in [4.69, 9.17) is 14.2 Å². The quantitative estimate of drug-likeness (QED) is 0.126. The van der Waals surface area contributed by atoms with Crippen molar-refractivity contribution in [3.05, 3.63) is 107 Å². The molecule has 0 saturated carbocycles. The van der Waals surface area contributed by atoms with Crippen molar-refractivity contribution in [1.82, 2.24) is 16.0 Å². The van der Waals surface area contributed by atoms with Crippen molar-refractivity contribution in [3.63, 3.8) is 0 Å². The van der Waals surface area contributed by atoms with Crippen molar-refractivity contribution in [1.29, 1.82) is 0 Å². The van der Waals surface area contributed by atoms with Gasteiger partial charge in [-0.3, -0.25) is 9.59 Å². The van der Waals surface area contributed by atoms with Gasteiger partial charge >= 0.3 is 18.0 Å². The molecule has 11 heteroatoms. The van der Waals surface area contributed by atoms with Crippen LogP contribution >= 0.6 is 0 Å². The van der Waals surface area contributed by atoms with Crippen molar-refractivity contribution in [2.24, 2.45) is 0 Å². The smallest absolute Gasteiger partial charge is 0.407 e. The summed E-state index contributed by atoms with van der Waals surface area (Å²) in [6, 6.07) is 23.8. The topological polar surface area (TPSA) is 149 Å². The second-order valence-electron chi connectivity index (χ2n) is 10.3. The van der Waals surface area contributed by atoms with E-state index in [1.54, 1.807) is 24.3 Å². The average Bonchev–Trinajstić information content (AvgIpc) is 3.04. The van der Waals surface area contributed by atoms with Gasteiger partial charge in [-0.15, -0.1) is 0 Å². The van der Waals surface area contributed by atoms with Gasteiger partial charge in [0.2, 0.25) is 11.8 Å². The lowest BCUT2D eigenvalue weighted by atomic mass is 9.99. The molecule has 3 amide bonds. The SMILES string of the molecule is COC(=O)[C@H](Cc1cccc(C[C@H](NC(C)=O)C(=O)OCc2ccccc2)c1)NC(=O)CCCNC(=O)OCc1ccccc1. The fraction of sp³-hybridized carbons (Fsp3) is 0.324. The standard InChI is InChI=1S/C34H39N3O8/c1-24(38)36-30(33(41)44-22-25-11-5-3-6-12-25)21-28-16-9-15-27(19-28)20-29(32(40)43-2)37-31(39)17-10-18-35-34(42)45-23-26-13-7-4-8-14-26/h3-9,11-16,19,29-30H,10,17-18,20-23H2,1-2H3,(H,35,42)(H,36,38)(H,37,39)/t29-,30-/m0/s1. The zero-order valence-electron chi connectivity index (χ0n) is 25.5. The van der Waals surface area contributed by atoms with Crippen LogP contribution in [-0.2, 0) is 59.4 Å². The molecule has 0 aliphatic rings. The highest BCUT2D eigenvalue weighted by Gasteiger charge is 2.24. The Morgan fingerprint density at radius 2 is 1.20 bits per heavy atom. The van der Waals surface area contributed by atoms with E-state index >= 15 is 0 Å². The first kappa shape index (κ1) is 34.3. The van der Waals surface area contributed by atoms with Crippen molar-refractivity contribution < 1.29 is 38.2 Å². The molecule has 0 fully saturated rings. The number of hydrogen-bond donors (Lipinski definition) is 3. The summed E-state index contributed by atoms with van der Waals surface area (Å²) in [5.74, 6) is -1.94. The van der Waals surface area contributed by atoms with Crippen molar-refractivity contribution in [2.75, 3.05) is 13.7 Å². The predicted octanol–water partition coefficient (Wildman–Crippen LogP) is 3.38. The fourth-order valence-electron chi connectivity index (χ4n) is 4.44. The summed E-state index contributed by atoms with van der Waals surface area (Å²) in [5.41, 5.74) is 3.12. The van der Waals surface area contributed by atoms with E-state index < -0.39 is 30.1 Å². The Hall–Kier alpha value is -5.19. The Morgan fingerprint density at radius 3 is 1.76 bits per heavy atom. The number of ether oxygens (including phenoxy) is 3. The first-order valence-electron chi connectivity index (χ1n) is 14.6. The van der Waals surface area contributed by atoms with Gasteiger partial charge in [0.15, 0.2) is 0 Å². The highest BCUT2D eigenvalue weighted by molar-refractivity contribution is 5.85. The van der Waals surface area contributed by atoms with Crippen LogP contribution in [0.3, 0.4) is 0 Å². The van der Waals surface area contributed by atoms with Gasteiger partial charge in [0, 0.05) is 32.7 Å². The molecule has 0 bridgehead atoms. The number of esters is 2. The summed E-state index contributed by atoms with van der Waals surface area (Å²) in [4.78, 5) is 61.7. The van der Waals surface area contributed by atoms with Gasteiger partial charge in [0.25, 0.3) is 0 Å². The van der Waals surface area contributed by atoms with Gasteiger partial charge in [0.1, 0.15) is 25.3 Å². The van der Waals surface area contributed by atoms with Crippen molar-refractivity contribution in [3.8, 4) is 0 Å². The Balaban J connectivity index is 1.51. The number of methoxy groups -OCH3 is 1. The number of amides is 3. The second-order valence-corrected chi connectivity index (χ2v) is 10.3. The summed E-state index contributed by atoms with van der Waals surface area (Å²) in [6.45, 7) is 1.76. The zero-order chi connectivity index (χ0) is 32.4. The van der Waals surface area contributed by atoms with E-state index in [-0.39, 0.29) is 50.8 Å². The summed E-state index contributed by atoms with van der Waals surface area (Å²) in [7, 11) is 1.24. The minimum Gasteiger partial charge on any atom is -0.467 e. The minimum absolute atomic E-state index is 0.0655. The Morgan fingerprint density at radius 1 is 0.667 bits per heavy atom. The van der Waals surface area contributed by atoms with E-state index in [0.29, 0.717) is 12.0 Å². The zero-order valence-corrected chi connectivity index (χ0v) is 25.5. The van der Waals surface area contributed by atoms with Crippen molar-refractivity contribution >= 4 is 29.8 Å². The molecule has 3 aromatic rings. The summed E-state index contributed by atoms with van der Waals surface area (Å²) in [5, 5.41) is 7.95. The molecule has 0 aromatic heterocycles. The molecule has 3 rings (SSSR count). The van der Waals surface area contributed by atoms with Crippen LogP contribution in [0.1, 0.15) is 42.0 Å². The number of carbonyl (C=O) groups is 5. The van der Waals surface area contributed by atoms with Crippen LogP contribution < -0.4 is 16.0 Å². The first-order valence-corrected chi connectivity index (χ1v) is 14.6. The van der Waals surface area contributed by atoms with Crippen LogP contribution in [-0.4, -0.2) is 55.6 Å². The summed E-state index contributed by atoms with van der Waals surface area (Å²) < 4.78 is 15.5. The molecule has 0 radical (unpaired) electrons. The van der Waals surface area contributed by atoms with E-state index in [9.17, 15) is 24.0 Å². The third-order valence-corrected chi connectivity index (χ3v) is 6.64. The van der Waals surface area contributed by atoms with Crippen LogP contribution in [0.5, 0.6) is 0 Å². The van der Waals surface area contributed by atoms with E-state index in [2.05, 4.69) is 16.0 Å². The predicted molar refractivity (Wildman–Crippen MR) is 166 cm³/mol. The van der Waals surface area contributed by atoms with Crippen LogP contribution in [0, 0.1) is 0 Å². The van der Waals surface area contributed by atoms with Crippen molar-refractivity contribution in [2.45, 2.75) is 57.9 Å². The fourth-order valence-corrected chi connectivity index (χ4v) is 4.44. The third-order valence-electron chi connectivity index (χ3n) is 6.64. The first-order chi connectivity index (χ1) is 21.7. The second kappa shape index (κ2) is 18.5. The van der Waals surface area contributed by atoms with Crippen LogP contribution in [0.2, 0.25) is 0 Å². The molecule has 45 heavy (non-hydrogen) atoms. The molecule has 238 valence electrons. The number of benzene rings is 3. The lowest BCUT2D eigenvalue weighted by Gasteiger charge is -2.19. The molecule has 0 aliphatic carbocycles. The number of hydrogen-bond acceptors (Lipinski definition) is 8. The van der Waals surface area contributed by atoms with Gasteiger partial charge in [0.05, 0.1) is 7.11 Å². The normalized spacial score (nSPS) is 11.8. The van der Waals surface area contributed by atoms with Crippen LogP contribution in [0.15, 0.2) is 84.9 Å². The Bertz CT molecular complexity index is 1420. The number of rotatable bonds is 16. The average molecular weight is 618 g/mol. The molecule has 0 saturated heterocycles. The largest absolute Gasteiger partial charge is 0.467 e. The summed E-state index contributed by atoms with van der Waals surface area (Å²) >= 11 is 0. The molecule has 0 aliphatic heterocycles. The lowest BCUT2D eigenvalue weighted by Crippen LogP contribution is -2.43. The molecule has 3 N–H and O–H groups in total. The van der Waals surface area contributed by atoms with Gasteiger partial charge in [-0.1, -0.05) is 84.9 Å². The highest BCUT2D eigenvalue weighted by Crippen LogP contribution is 2.13. The maximum atomic E-state index is 12.8. The van der Waals surface area contributed by atoms with Crippen LogP contribution in [0.25, 0.3) is 0 Å². The molecular weight excluding hydrogens is 578 g/mol. The molecule has 2 atom stereocenters. The molecule has 11 nitrogen and oxygen atoms in total. The van der Waals surface area contributed by atoms with E-state index in [1.807, 2.05) is 60.7 Å². The molecule has 0 heterocycles. The van der Waals surface area contributed by atoms with Gasteiger partial charge < -0.3 is 30.2 Å². The lowest BCUT2D eigenvalue weighted by molar-refractivity contribution is -0.149. The molecule has 3 aromatic carbocycles. The maximum absolute atomic E-state index is 12.8. The number of nitrogens with one attached hydrogen (secondary N) is 3. The molecule has 0 spiro atoms. The number of carbonyl (C=O) groups excluding carboxylic acids is 5. The van der Waals surface area contributed by atoms with Gasteiger partial charge in [-0.05, 0) is 28.7 Å². The molecule has 0 unspecified atom stereocenters. The van der Waals surface area contributed by atoms with Gasteiger partial charge in [-0.2, -0.15) is 0 Å². The number of alkyl carbamates (subject to hydrolysis) is 1.